The lowest BCUT2D eigenvalue weighted by atomic mass is 10.1. The number of amides is 2. The molecule has 0 aliphatic carbocycles. The summed E-state index contributed by atoms with van der Waals surface area (Å²) in [7, 11) is 1.67. The van der Waals surface area contributed by atoms with Gasteiger partial charge in [-0.3, -0.25) is 9.69 Å². The van der Waals surface area contributed by atoms with Crippen LogP contribution in [0.5, 0.6) is 5.75 Å². The Balaban J connectivity index is 1.96. The van der Waals surface area contributed by atoms with Crippen LogP contribution in [-0.2, 0) is 9.53 Å². The number of ether oxygens (including phenoxy) is 2. The zero-order valence-corrected chi connectivity index (χ0v) is 11.8. The average Bonchev–Trinajstić information content (AvgIpc) is 2.82. The Bertz CT molecular complexity index is 603. The van der Waals surface area contributed by atoms with Crippen LogP contribution in [0.1, 0.15) is 6.92 Å². The van der Waals surface area contributed by atoms with Gasteiger partial charge in [0.2, 0.25) is 5.91 Å². The fourth-order valence-corrected chi connectivity index (χ4v) is 2.57. The van der Waals surface area contributed by atoms with Crippen LogP contribution in [-0.4, -0.2) is 49.5 Å². The average molecular weight is 292 g/mol. The van der Waals surface area contributed by atoms with Crippen LogP contribution in [0, 0.1) is 0 Å². The first kappa shape index (κ1) is 13.7. The Morgan fingerprint density at radius 1 is 1.52 bits per heavy atom. The molecular formula is C14H16N2O5. The van der Waals surface area contributed by atoms with Gasteiger partial charge in [-0.1, -0.05) is 0 Å². The Hall–Kier alpha value is -2.28. The number of benzene rings is 1. The van der Waals surface area contributed by atoms with Gasteiger partial charge in [0.15, 0.2) is 6.10 Å². The van der Waals surface area contributed by atoms with Crippen LogP contribution in [0.25, 0.3) is 0 Å². The van der Waals surface area contributed by atoms with Gasteiger partial charge >= 0.3 is 6.09 Å². The van der Waals surface area contributed by atoms with Gasteiger partial charge in [0.25, 0.3) is 0 Å². The topological polar surface area (TPSA) is 79.3 Å². The van der Waals surface area contributed by atoms with Crippen LogP contribution in [0.15, 0.2) is 18.2 Å². The molecule has 1 aromatic rings. The third kappa shape index (κ3) is 2.09. The van der Waals surface area contributed by atoms with E-state index in [-0.39, 0.29) is 25.2 Å². The third-order valence-electron chi connectivity index (χ3n) is 3.86. The number of fused-ring (bicyclic) bond motifs is 3. The zero-order chi connectivity index (χ0) is 15.1. The van der Waals surface area contributed by atoms with Gasteiger partial charge in [-0.15, -0.1) is 0 Å². The minimum absolute atomic E-state index is 0.0930. The second kappa shape index (κ2) is 4.92. The SMILES string of the molecule is CC(=O)N(C)c1ccc2c(c1)OCC1C(CO)OC(=O)N21. The third-order valence-corrected chi connectivity index (χ3v) is 3.86. The monoisotopic (exact) mass is 292 g/mol. The number of aliphatic hydroxyl groups excluding tert-OH is 1. The molecule has 0 radical (unpaired) electrons. The Labute approximate surface area is 121 Å². The number of aliphatic hydroxyl groups is 1. The molecular weight excluding hydrogens is 276 g/mol. The summed E-state index contributed by atoms with van der Waals surface area (Å²) in [5.74, 6) is 0.428. The van der Waals surface area contributed by atoms with Crippen molar-refractivity contribution in [3.8, 4) is 5.75 Å². The molecule has 2 heterocycles. The molecule has 1 fully saturated rings. The first-order valence-electron chi connectivity index (χ1n) is 6.64. The van der Waals surface area contributed by atoms with Gasteiger partial charge < -0.3 is 19.5 Å². The molecule has 2 aliphatic heterocycles. The van der Waals surface area contributed by atoms with Crippen LogP contribution in [0.4, 0.5) is 16.2 Å². The number of rotatable bonds is 2. The van der Waals surface area contributed by atoms with E-state index in [4.69, 9.17) is 9.47 Å². The van der Waals surface area contributed by atoms with Crippen molar-refractivity contribution >= 4 is 23.4 Å². The van der Waals surface area contributed by atoms with Gasteiger partial charge in [0.1, 0.15) is 18.4 Å². The number of hydrogen-bond donors (Lipinski definition) is 1. The molecule has 2 amide bonds. The van der Waals surface area contributed by atoms with Crippen molar-refractivity contribution in [2.45, 2.75) is 19.1 Å². The molecule has 1 N–H and O–H groups in total. The lowest BCUT2D eigenvalue weighted by molar-refractivity contribution is -0.116. The molecule has 2 atom stereocenters. The van der Waals surface area contributed by atoms with E-state index >= 15 is 0 Å². The van der Waals surface area contributed by atoms with Crippen LogP contribution >= 0.6 is 0 Å². The summed E-state index contributed by atoms with van der Waals surface area (Å²) in [5.41, 5.74) is 1.28. The normalized spacial score (nSPS) is 23.0. The highest BCUT2D eigenvalue weighted by Gasteiger charge is 2.46. The lowest BCUT2D eigenvalue weighted by Gasteiger charge is -2.31. The Morgan fingerprint density at radius 2 is 2.29 bits per heavy atom. The van der Waals surface area contributed by atoms with E-state index in [0.717, 1.165) is 0 Å². The van der Waals surface area contributed by atoms with Crippen molar-refractivity contribution in [2.75, 3.05) is 30.1 Å². The zero-order valence-electron chi connectivity index (χ0n) is 11.8. The number of anilines is 2. The fraction of sp³-hybridized carbons (Fsp3) is 0.429. The summed E-state index contributed by atoms with van der Waals surface area (Å²) in [6.45, 7) is 1.48. The molecule has 2 unspecified atom stereocenters. The minimum atomic E-state index is -0.579. The van der Waals surface area contributed by atoms with E-state index in [9.17, 15) is 14.7 Å². The predicted octanol–water partition coefficient (Wildman–Crippen LogP) is 0.748. The molecule has 3 rings (SSSR count). The van der Waals surface area contributed by atoms with Crippen molar-refractivity contribution in [3.05, 3.63) is 18.2 Å². The quantitative estimate of drug-likeness (QED) is 0.870. The van der Waals surface area contributed by atoms with Gasteiger partial charge in [-0.2, -0.15) is 0 Å². The number of carbonyl (C=O) groups is 2. The Morgan fingerprint density at radius 3 is 2.95 bits per heavy atom. The summed E-state index contributed by atoms with van der Waals surface area (Å²) >= 11 is 0. The summed E-state index contributed by atoms with van der Waals surface area (Å²) in [4.78, 5) is 26.3. The summed E-state index contributed by atoms with van der Waals surface area (Å²) in [5, 5.41) is 9.25. The number of hydrogen-bond acceptors (Lipinski definition) is 5. The highest BCUT2D eigenvalue weighted by atomic mass is 16.6. The summed E-state index contributed by atoms with van der Waals surface area (Å²) < 4.78 is 10.8. The molecule has 7 heteroatoms. The smallest absolute Gasteiger partial charge is 0.415 e. The lowest BCUT2D eigenvalue weighted by Crippen LogP contribution is -2.45. The van der Waals surface area contributed by atoms with E-state index in [1.165, 1.54) is 16.7 Å². The molecule has 1 saturated heterocycles. The van der Waals surface area contributed by atoms with Crippen molar-refractivity contribution in [3.63, 3.8) is 0 Å². The van der Waals surface area contributed by atoms with E-state index < -0.39 is 12.2 Å². The van der Waals surface area contributed by atoms with E-state index in [1.54, 1.807) is 25.2 Å². The molecule has 112 valence electrons. The maximum atomic E-state index is 11.9. The first-order valence-corrected chi connectivity index (χ1v) is 6.64. The first-order chi connectivity index (χ1) is 10.0. The summed E-state index contributed by atoms with van der Waals surface area (Å²) in [6, 6.07) is 4.85. The van der Waals surface area contributed by atoms with Crippen molar-refractivity contribution in [2.24, 2.45) is 0 Å². The molecule has 0 aromatic heterocycles. The fourth-order valence-electron chi connectivity index (χ4n) is 2.57. The van der Waals surface area contributed by atoms with E-state index in [1.807, 2.05) is 0 Å². The molecule has 21 heavy (non-hydrogen) atoms. The van der Waals surface area contributed by atoms with Gasteiger partial charge in [-0.05, 0) is 12.1 Å². The predicted molar refractivity (Wildman–Crippen MR) is 74.6 cm³/mol. The van der Waals surface area contributed by atoms with Crippen LogP contribution < -0.4 is 14.5 Å². The van der Waals surface area contributed by atoms with Crippen molar-refractivity contribution < 1.29 is 24.2 Å². The molecule has 0 spiro atoms. The van der Waals surface area contributed by atoms with E-state index in [0.29, 0.717) is 17.1 Å². The van der Waals surface area contributed by atoms with Crippen LogP contribution in [0.2, 0.25) is 0 Å². The second-order valence-corrected chi connectivity index (χ2v) is 5.08. The standard InChI is InChI=1S/C14H16N2O5/c1-8(18)15(2)9-3-4-10-12(5-9)20-7-11-13(6-17)21-14(19)16(10)11/h3-5,11,13,17H,6-7H2,1-2H3. The van der Waals surface area contributed by atoms with Gasteiger partial charge in [0, 0.05) is 25.7 Å². The van der Waals surface area contributed by atoms with Gasteiger partial charge in [-0.25, -0.2) is 4.79 Å². The number of carbonyl (C=O) groups excluding carboxylic acids is 2. The van der Waals surface area contributed by atoms with Crippen molar-refractivity contribution in [1.29, 1.82) is 0 Å². The maximum absolute atomic E-state index is 11.9. The van der Waals surface area contributed by atoms with Gasteiger partial charge in [0.05, 0.1) is 12.3 Å². The molecule has 0 saturated carbocycles. The highest BCUT2D eigenvalue weighted by molar-refractivity contribution is 5.95. The maximum Gasteiger partial charge on any atom is 0.415 e. The van der Waals surface area contributed by atoms with Crippen LogP contribution in [0.3, 0.4) is 0 Å². The molecule has 1 aromatic carbocycles. The highest BCUT2D eigenvalue weighted by Crippen LogP contribution is 2.40. The largest absolute Gasteiger partial charge is 0.489 e. The second-order valence-electron chi connectivity index (χ2n) is 5.08. The minimum Gasteiger partial charge on any atom is -0.489 e. The number of cyclic esters (lactones) is 1. The molecule has 2 aliphatic rings. The molecule has 7 nitrogen and oxygen atoms in total. The molecule has 0 bridgehead atoms. The van der Waals surface area contributed by atoms with E-state index in [2.05, 4.69) is 0 Å². The van der Waals surface area contributed by atoms with Crippen molar-refractivity contribution in [1.82, 2.24) is 0 Å². The number of nitrogens with zero attached hydrogens (tertiary/aromatic N) is 2. The summed E-state index contributed by atoms with van der Waals surface area (Å²) in [6.07, 6.45) is -1.07. The Kier molecular flexibility index (Phi) is 3.21.